The predicted octanol–water partition coefficient (Wildman–Crippen LogP) is 3.06. The number of benzene rings is 1. The molecule has 0 heterocycles. The summed E-state index contributed by atoms with van der Waals surface area (Å²) in [7, 11) is 0. The number of aromatic hydroxyl groups is 1. The van der Waals surface area contributed by atoms with Crippen molar-refractivity contribution < 1.29 is 15.0 Å². The molecule has 104 valence electrons. The minimum absolute atomic E-state index is 0.177. The lowest BCUT2D eigenvalue weighted by atomic mass is 9.85. The topological polar surface area (TPSA) is 69.6 Å². The summed E-state index contributed by atoms with van der Waals surface area (Å²) in [6, 6.07) is 4.01. The second kappa shape index (κ2) is 5.51. The number of anilines is 1. The molecule has 0 radical (unpaired) electrons. The number of hydrogen-bond acceptors (Lipinski definition) is 3. The number of phenols is 1. The molecule has 4 nitrogen and oxygen atoms in total. The fraction of sp³-hybridized carbons (Fsp3) is 0.533. The first kappa shape index (κ1) is 13.7. The maximum atomic E-state index is 11.1. The Bertz CT molecular complexity index is 485. The lowest BCUT2D eigenvalue weighted by molar-refractivity contribution is -0.142. The lowest BCUT2D eigenvalue weighted by Crippen LogP contribution is -2.31. The Morgan fingerprint density at radius 2 is 2.05 bits per heavy atom. The Morgan fingerprint density at radius 1 is 1.32 bits per heavy atom. The molecule has 0 aliphatic heterocycles. The first-order valence-electron chi connectivity index (χ1n) is 6.77. The van der Waals surface area contributed by atoms with Crippen LogP contribution in [0.1, 0.15) is 36.8 Å². The minimum Gasteiger partial charge on any atom is -0.507 e. The van der Waals surface area contributed by atoms with Crippen LogP contribution >= 0.6 is 0 Å². The van der Waals surface area contributed by atoms with Gasteiger partial charge in [-0.25, -0.2) is 0 Å². The van der Waals surface area contributed by atoms with Crippen LogP contribution in [0.5, 0.6) is 5.75 Å². The van der Waals surface area contributed by atoms with Crippen LogP contribution in [0.2, 0.25) is 0 Å². The average Bonchev–Trinajstić information content (AvgIpc) is 2.40. The van der Waals surface area contributed by atoms with Crippen molar-refractivity contribution in [2.45, 2.75) is 45.6 Å². The van der Waals surface area contributed by atoms with Crippen molar-refractivity contribution in [3.63, 3.8) is 0 Å². The lowest BCUT2D eigenvalue weighted by Gasteiger charge is -2.29. The molecule has 2 rings (SSSR count). The number of carboxylic acids is 1. The molecule has 1 saturated carbocycles. The zero-order valence-corrected chi connectivity index (χ0v) is 11.4. The number of carbonyl (C=O) groups is 1. The van der Waals surface area contributed by atoms with Gasteiger partial charge in [0.05, 0.1) is 5.92 Å². The van der Waals surface area contributed by atoms with Gasteiger partial charge >= 0.3 is 5.97 Å². The summed E-state index contributed by atoms with van der Waals surface area (Å²) in [5, 5.41) is 22.4. The van der Waals surface area contributed by atoms with Crippen LogP contribution in [0.25, 0.3) is 0 Å². The van der Waals surface area contributed by atoms with Crippen molar-refractivity contribution in [1.82, 2.24) is 0 Å². The van der Waals surface area contributed by atoms with Gasteiger partial charge in [0.2, 0.25) is 0 Å². The highest BCUT2D eigenvalue weighted by Crippen LogP contribution is 2.32. The van der Waals surface area contributed by atoms with Gasteiger partial charge in [-0.3, -0.25) is 4.79 Å². The molecule has 0 saturated heterocycles. The van der Waals surface area contributed by atoms with Gasteiger partial charge in [-0.2, -0.15) is 0 Å². The summed E-state index contributed by atoms with van der Waals surface area (Å²) in [4.78, 5) is 11.1. The van der Waals surface area contributed by atoms with E-state index in [0.29, 0.717) is 12.2 Å². The van der Waals surface area contributed by atoms with Crippen molar-refractivity contribution >= 4 is 11.7 Å². The summed E-state index contributed by atoms with van der Waals surface area (Å²) < 4.78 is 0. The molecule has 4 heteroatoms. The first-order chi connectivity index (χ1) is 8.99. The molecule has 1 aliphatic carbocycles. The van der Waals surface area contributed by atoms with E-state index in [-0.39, 0.29) is 12.0 Å². The molecule has 0 amide bonds. The smallest absolute Gasteiger partial charge is 0.306 e. The molecule has 2 atom stereocenters. The third-order valence-electron chi connectivity index (χ3n) is 4.02. The van der Waals surface area contributed by atoms with E-state index < -0.39 is 5.97 Å². The second-order valence-electron chi connectivity index (χ2n) is 5.45. The van der Waals surface area contributed by atoms with E-state index in [2.05, 4.69) is 5.32 Å². The molecule has 1 aromatic carbocycles. The molecule has 1 aromatic rings. The zero-order chi connectivity index (χ0) is 14.0. The Labute approximate surface area is 113 Å². The zero-order valence-electron chi connectivity index (χ0n) is 11.4. The van der Waals surface area contributed by atoms with Crippen molar-refractivity contribution in [3.05, 3.63) is 23.3 Å². The minimum atomic E-state index is -0.699. The molecule has 1 aliphatic rings. The number of hydrogen-bond donors (Lipinski definition) is 3. The van der Waals surface area contributed by atoms with E-state index >= 15 is 0 Å². The molecule has 19 heavy (non-hydrogen) atoms. The first-order valence-corrected chi connectivity index (χ1v) is 6.77. The normalized spacial score (nSPS) is 23.1. The summed E-state index contributed by atoms with van der Waals surface area (Å²) in [6.07, 6.45) is 3.35. The van der Waals surface area contributed by atoms with E-state index in [1.165, 1.54) is 0 Å². The summed E-state index contributed by atoms with van der Waals surface area (Å²) in [6.45, 7) is 3.75. The van der Waals surface area contributed by atoms with Gasteiger partial charge in [-0.05, 0) is 44.7 Å². The SMILES string of the molecule is Cc1ccc(NC2CCCC(C(=O)O)C2)c(C)c1O. The van der Waals surface area contributed by atoms with Gasteiger partial charge in [0.15, 0.2) is 0 Å². The molecular formula is C15H21NO3. The van der Waals surface area contributed by atoms with Crippen molar-refractivity contribution in [2.75, 3.05) is 5.32 Å². The van der Waals surface area contributed by atoms with Gasteiger partial charge in [-0.1, -0.05) is 12.5 Å². The summed E-state index contributed by atoms with van der Waals surface area (Å²) in [5.74, 6) is -0.629. The number of nitrogens with one attached hydrogen (secondary N) is 1. The Morgan fingerprint density at radius 3 is 2.74 bits per heavy atom. The van der Waals surface area contributed by atoms with Crippen molar-refractivity contribution in [2.24, 2.45) is 5.92 Å². The Hall–Kier alpha value is -1.71. The van der Waals surface area contributed by atoms with Crippen LogP contribution in [0.15, 0.2) is 12.1 Å². The number of aryl methyl sites for hydroxylation is 1. The highest BCUT2D eigenvalue weighted by atomic mass is 16.4. The van der Waals surface area contributed by atoms with Crippen LogP contribution < -0.4 is 5.32 Å². The monoisotopic (exact) mass is 263 g/mol. The molecule has 2 unspecified atom stereocenters. The number of aliphatic carboxylic acids is 1. The van der Waals surface area contributed by atoms with E-state index in [1.807, 2.05) is 26.0 Å². The van der Waals surface area contributed by atoms with E-state index in [0.717, 1.165) is 36.1 Å². The Kier molecular flexibility index (Phi) is 3.98. The van der Waals surface area contributed by atoms with Gasteiger partial charge in [0.25, 0.3) is 0 Å². The van der Waals surface area contributed by atoms with E-state index in [9.17, 15) is 9.90 Å². The number of carboxylic acid groups (broad SMARTS) is 1. The van der Waals surface area contributed by atoms with Crippen LogP contribution in [-0.2, 0) is 4.79 Å². The van der Waals surface area contributed by atoms with Gasteiger partial charge in [-0.15, -0.1) is 0 Å². The van der Waals surface area contributed by atoms with Gasteiger partial charge < -0.3 is 15.5 Å². The standard InChI is InChI=1S/C15H21NO3/c1-9-6-7-13(10(2)14(9)17)16-12-5-3-4-11(8-12)15(18)19/h6-7,11-12,16-17H,3-5,8H2,1-2H3,(H,18,19). The molecule has 0 aromatic heterocycles. The fourth-order valence-corrected chi connectivity index (χ4v) is 2.76. The highest BCUT2D eigenvalue weighted by Gasteiger charge is 2.27. The number of phenolic OH excluding ortho intramolecular Hbond substituents is 1. The summed E-state index contributed by atoms with van der Waals surface area (Å²) >= 11 is 0. The van der Waals surface area contributed by atoms with Gasteiger partial charge in [0, 0.05) is 17.3 Å². The van der Waals surface area contributed by atoms with E-state index in [4.69, 9.17) is 5.11 Å². The van der Waals surface area contributed by atoms with Crippen molar-refractivity contribution in [3.8, 4) is 5.75 Å². The van der Waals surface area contributed by atoms with Crippen LogP contribution in [-0.4, -0.2) is 22.2 Å². The van der Waals surface area contributed by atoms with Crippen LogP contribution in [0.4, 0.5) is 5.69 Å². The predicted molar refractivity (Wildman–Crippen MR) is 74.6 cm³/mol. The van der Waals surface area contributed by atoms with Crippen molar-refractivity contribution in [1.29, 1.82) is 0 Å². The molecular weight excluding hydrogens is 242 g/mol. The molecule has 0 bridgehead atoms. The maximum absolute atomic E-state index is 11.1. The second-order valence-corrected chi connectivity index (χ2v) is 5.45. The largest absolute Gasteiger partial charge is 0.507 e. The molecule has 0 spiro atoms. The van der Waals surface area contributed by atoms with Crippen LogP contribution in [0, 0.1) is 19.8 Å². The quantitative estimate of drug-likeness (QED) is 0.784. The van der Waals surface area contributed by atoms with Gasteiger partial charge in [0.1, 0.15) is 5.75 Å². The fourth-order valence-electron chi connectivity index (χ4n) is 2.76. The van der Waals surface area contributed by atoms with Crippen LogP contribution in [0.3, 0.4) is 0 Å². The summed E-state index contributed by atoms with van der Waals surface area (Å²) in [5.41, 5.74) is 2.59. The third kappa shape index (κ3) is 3.00. The van der Waals surface area contributed by atoms with E-state index in [1.54, 1.807) is 0 Å². The third-order valence-corrected chi connectivity index (χ3v) is 4.02. The highest BCUT2D eigenvalue weighted by molar-refractivity contribution is 5.70. The maximum Gasteiger partial charge on any atom is 0.306 e. The Balaban J connectivity index is 2.09. The molecule has 3 N–H and O–H groups in total. The number of rotatable bonds is 3. The molecule has 1 fully saturated rings. The average molecular weight is 263 g/mol.